The van der Waals surface area contributed by atoms with Crippen LogP contribution in [0.5, 0.6) is 0 Å². The molecule has 136 valence electrons. The number of nitrogens with one attached hydrogen (secondary N) is 1. The fourth-order valence-corrected chi connectivity index (χ4v) is 3.82. The number of rotatable bonds is 3. The number of nitrogens with zero attached hydrogens (tertiary/aromatic N) is 1. The lowest BCUT2D eigenvalue weighted by atomic mass is 9.89. The van der Waals surface area contributed by atoms with E-state index in [-0.39, 0.29) is 11.1 Å². The van der Waals surface area contributed by atoms with E-state index in [1.54, 1.807) is 18.2 Å². The van der Waals surface area contributed by atoms with Gasteiger partial charge in [-0.3, -0.25) is 9.79 Å². The van der Waals surface area contributed by atoms with E-state index in [9.17, 15) is 13.6 Å². The molecule has 1 aliphatic heterocycles. The summed E-state index contributed by atoms with van der Waals surface area (Å²) < 4.78 is 27.7. The van der Waals surface area contributed by atoms with Crippen LogP contribution in [0, 0.1) is 18.6 Å². The van der Waals surface area contributed by atoms with Crippen molar-refractivity contribution in [3.63, 3.8) is 0 Å². The van der Waals surface area contributed by atoms with Crippen LogP contribution in [0.2, 0.25) is 0 Å². The maximum absolute atomic E-state index is 14.0. The third kappa shape index (κ3) is 3.58. The zero-order valence-corrected chi connectivity index (χ0v) is 15.3. The topological polar surface area (TPSA) is 67.5 Å². The predicted octanol–water partition coefficient (Wildman–Crippen LogP) is 4.19. The lowest BCUT2D eigenvalue weighted by Crippen LogP contribution is -2.28. The summed E-state index contributed by atoms with van der Waals surface area (Å²) in [5.41, 5.74) is 6.58. The predicted molar refractivity (Wildman–Crippen MR) is 102 cm³/mol. The van der Waals surface area contributed by atoms with Crippen molar-refractivity contribution in [2.75, 3.05) is 11.1 Å². The Morgan fingerprint density at radius 3 is 2.77 bits per heavy atom. The Labute approximate surface area is 154 Å². The van der Waals surface area contributed by atoms with Gasteiger partial charge in [0.15, 0.2) is 16.8 Å². The largest absolute Gasteiger partial charge is 0.379 e. The standard InChI is InChI=1S/C19H19F2N3OS/c1-11-6-7-14(16(21)15(11)20)17(25)23-13-5-3-4-12(10-13)19(2)8-9-26-18(22)24-19/h3-7,10H,8-9H2,1-2H3,(H2,22,24)(H,23,25). The number of carbonyl (C=O) groups is 1. The fourth-order valence-electron chi connectivity index (χ4n) is 2.85. The molecule has 1 atom stereocenters. The van der Waals surface area contributed by atoms with Crippen LogP contribution >= 0.6 is 11.8 Å². The Kier molecular flexibility index (Phi) is 5.00. The molecule has 2 aromatic carbocycles. The van der Waals surface area contributed by atoms with Crippen molar-refractivity contribution in [1.82, 2.24) is 0 Å². The summed E-state index contributed by atoms with van der Waals surface area (Å²) in [7, 11) is 0. The molecule has 4 nitrogen and oxygen atoms in total. The van der Waals surface area contributed by atoms with E-state index < -0.39 is 23.1 Å². The molecule has 0 aromatic heterocycles. The number of carbonyl (C=O) groups excluding carboxylic acids is 1. The van der Waals surface area contributed by atoms with Crippen molar-refractivity contribution in [2.24, 2.45) is 10.7 Å². The van der Waals surface area contributed by atoms with Crippen molar-refractivity contribution >= 4 is 28.5 Å². The van der Waals surface area contributed by atoms with Crippen molar-refractivity contribution < 1.29 is 13.6 Å². The summed E-state index contributed by atoms with van der Waals surface area (Å²) in [6, 6.07) is 9.83. The number of anilines is 1. The Bertz CT molecular complexity index is 900. The molecular formula is C19H19F2N3OS. The minimum atomic E-state index is -1.15. The first-order valence-electron chi connectivity index (χ1n) is 8.15. The molecule has 1 aliphatic rings. The summed E-state index contributed by atoms with van der Waals surface area (Å²) >= 11 is 1.51. The molecule has 2 aromatic rings. The quantitative estimate of drug-likeness (QED) is 0.845. The Morgan fingerprint density at radius 1 is 1.27 bits per heavy atom. The lowest BCUT2D eigenvalue weighted by molar-refractivity contribution is 0.102. The maximum atomic E-state index is 14.0. The molecule has 1 heterocycles. The number of thioether (sulfide) groups is 1. The zero-order valence-electron chi connectivity index (χ0n) is 14.5. The van der Waals surface area contributed by atoms with Crippen LogP contribution in [0.1, 0.15) is 34.8 Å². The van der Waals surface area contributed by atoms with Crippen LogP contribution in [0.3, 0.4) is 0 Å². The number of amidine groups is 1. The van der Waals surface area contributed by atoms with Gasteiger partial charge in [-0.2, -0.15) is 0 Å². The Morgan fingerprint density at radius 2 is 2.04 bits per heavy atom. The molecule has 0 radical (unpaired) electrons. The number of nitrogens with two attached hydrogens (primary N) is 1. The molecule has 7 heteroatoms. The molecule has 26 heavy (non-hydrogen) atoms. The average molecular weight is 375 g/mol. The first-order valence-corrected chi connectivity index (χ1v) is 9.13. The van der Waals surface area contributed by atoms with E-state index in [1.165, 1.54) is 30.8 Å². The number of aryl methyl sites for hydroxylation is 1. The van der Waals surface area contributed by atoms with Crippen LogP contribution in [0.15, 0.2) is 41.4 Å². The molecule has 0 fully saturated rings. The highest BCUT2D eigenvalue weighted by atomic mass is 32.2. The van der Waals surface area contributed by atoms with Crippen molar-refractivity contribution in [3.05, 3.63) is 64.7 Å². The van der Waals surface area contributed by atoms with Gasteiger partial charge in [-0.15, -0.1) is 0 Å². The zero-order chi connectivity index (χ0) is 18.9. The van der Waals surface area contributed by atoms with Gasteiger partial charge in [-0.25, -0.2) is 8.78 Å². The van der Waals surface area contributed by atoms with Gasteiger partial charge in [0.05, 0.1) is 11.1 Å². The number of benzene rings is 2. The highest BCUT2D eigenvalue weighted by Gasteiger charge is 2.29. The fraction of sp³-hybridized carbons (Fsp3) is 0.263. The molecule has 3 N–H and O–H groups in total. The SMILES string of the molecule is Cc1ccc(C(=O)Nc2cccc(C3(C)CCSC(N)=N3)c2)c(F)c1F. The molecule has 1 amide bonds. The van der Waals surface area contributed by atoms with Gasteiger partial charge in [0, 0.05) is 11.4 Å². The number of amides is 1. The molecule has 0 bridgehead atoms. The van der Waals surface area contributed by atoms with Crippen LogP contribution in [0.4, 0.5) is 14.5 Å². The van der Waals surface area contributed by atoms with Gasteiger partial charge in [0.2, 0.25) is 0 Å². The molecular weight excluding hydrogens is 356 g/mol. The van der Waals surface area contributed by atoms with Gasteiger partial charge in [-0.05, 0) is 49.6 Å². The van der Waals surface area contributed by atoms with Crippen molar-refractivity contribution in [2.45, 2.75) is 25.8 Å². The van der Waals surface area contributed by atoms with Gasteiger partial charge in [0.1, 0.15) is 0 Å². The molecule has 0 spiro atoms. The highest BCUT2D eigenvalue weighted by molar-refractivity contribution is 8.13. The second kappa shape index (κ2) is 7.07. The number of hydrogen-bond donors (Lipinski definition) is 2. The van der Waals surface area contributed by atoms with Crippen molar-refractivity contribution in [3.8, 4) is 0 Å². The Hall–Kier alpha value is -2.41. The lowest BCUT2D eigenvalue weighted by Gasteiger charge is -2.30. The second-order valence-electron chi connectivity index (χ2n) is 6.42. The second-order valence-corrected chi connectivity index (χ2v) is 7.53. The van der Waals surface area contributed by atoms with E-state index in [0.717, 1.165) is 17.7 Å². The number of hydrogen-bond acceptors (Lipinski definition) is 4. The van der Waals surface area contributed by atoms with Crippen LogP contribution in [-0.2, 0) is 5.54 Å². The number of aliphatic imine (C=N–C) groups is 1. The minimum absolute atomic E-state index is 0.152. The summed E-state index contributed by atoms with van der Waals surface area (Å²) in [6.45, 7) is 3.43. The van der Waals surface area contributed by atoms with E-state index in [0.29, 0.717) is 10.9 Å². The molecule has 0 saturated carbocycles. The summed E-state index contributed by atoms with van der Waals surface area (Å²) in [6.07, 6.45) is 0.813. The van der Waals surface area contributed by atoms with Gasteiger partial charge in [0.25, 0.3) is 5.91 Å². The van der Waals surface area contributed by atoms with Gasteiger partial charge in [-0.1, -0.05) is 30.0 Å². The number of halogens is 2. The Balaban J connectivity index is 1.87. The summed E-state index contributed by atoms with van der Waals surface area (Å²) in [5, 5.41) is 3.16. The highest BCUT2D eigenvalue weighted by Crippen LogP contribution is 2.35. The minimum Gasteiger partial charge on any atom is -0.379 e. The van der Waals surface area contributed by atoms with Crippen LogP contribution in [0.25, 0.3) is 0 Å². The molecule has 3 rings (SSSR count). The molecule has 1 unspecified atom stereocenters. The first-order chi connectivity index (χ1) is 12.3. The van der Waals surface area contributed by atoms with Crippen molar-refractivity contribution in [1.29, 1.82) is 0 Å². The van der Waals surface area contributed by atoms with E-state index in [1.807, 2.05) is 13.0 Å². The van der Waals surface area contributed by atoms with E-state index in [2.05, 4.69) is 10.3 Å². The van der Waals surface area contributed by atoms with Gasteiger partial charge >= 0.3 is 0 Å². The summed E-state index contributed by atoms with van der Waals surface area (Å²) in [5.74, 6) is -2.00. The maximum Gasteiger partial charge on any atom is 0.258 e. The van der Waals surface area contributed by atoms with E-state index >= 15 is 0 Å². The first kappa shape index (κ1) is 18.4. The van der Waals surface area contributed by atoms with Crippen LogP contribution in [-0.4, -0.2) is 16.8 Å². The molecule has 0 saturated heterocycles. The monoisotopic (exact) mass is 375 g/mol. The average Bonchev–Trinajstić information content (AvgIpc) is 2.60. The van der Waals surface area contributed by atoms with E-state index in [4.69, 9.17) is 5.73 Å². The third-order valence-electron chi connectivity index (χ3n) is 4.46. The smallest absolute Gasteiger partial charge is 0.258 e. The van der Waals surface area contributed by atoms with Gasteiger partial charge < -0.3 is 11.1 Å². The molecule has 0 aliphatic carbocycles. The third-order valence-corrected chi connectivity index (χ3v) is 5.25. The normalized spacial score (nSPS) is 19.8. The summed E-state index contributed by atoms with van der Waals surface area (Å²) in [4.78, 5) is 16.9. The van der Waals surface area contributed by atoms with Crippen LogP contribution < -0.4 is 11.1 Å².